The average molecular weight is 475 g/mol. The Hall–Kier alpha value is -3.11. The number of rotatable bonds is 9. The third-order valence-electron chi connectivity index (χ3n) is 6.41. The molecule has 0 bridgehead atoms. The third kappa shape index (κ3) is 6.71. The van der Waals surface area contributed by atoms with E-state index in [-0.39, 0.29) is 24.3 Å². The average Bonchev–Trinajstić information content (AvgIpc) is 3.35. The van der Waals surface area contributed by atoms with Crippen molar-refractivity contribution in [3.05, 3.63) is 107 Å². The van der Waals surface area contributed by atoms with E-state index in [0.717, 1.165) is 42.4 Å². The van der Waals surface area contributed by atoms with Crippen LogP contribution in [0.15, 0.2) is 84.9 Å². The van der Waals surface area contributed by atoms with Crippen LogP contribution in [0.1, 0.15) is 42.4 Å². The molecular formula is C29H31ClN2O2. The topological polar surface area (TPSA) is 49.4 Å². The van der Waals surface area contributed by atoms with E-state index in [2.05, 4.69) is 5.32 Å². The van der Waals surface area contributed by atoms with Crippen molar-refractivity contribution >= 4 is 23.4 Å². The molecule has 34 heavy (non-hydrogen) atoms. The molecule has 1 saturated carbocycles. The standard InChI is InChI=1S/C29H31ClN2O2/c30-25-15-9-14-24(18-25)20-28(33)32(21-23-12-5-2-6-13-23)27(19-22-10-3-1-4-11-22)29(34)31-26-16-7-8-17-26/h1-6,9-15,18,26-27H,7-8,16-17,19-21H2,(H,31,34)/t27-/m1/s1. The van der Waals surface area contributed by atoms with Crippen LogP contribution in [0.25, 0.3) is 0 Å². The van der Waals surface area contributed by atoms with Crippen LogP contribution in [-0.4, -0.2) is 28.8 Å². The van der Waals surface area contributed by atoms with Gasteiger partial charge in [0.15, 0.2) is 0 Å². The Kier molecular flexibility index (Phi) is 8.37. The lowest BCUT2D eigenvalue weighted by Gasteiger charge is -2.32. The first kappa shape index (κ1) is 24.0. The van der Waals surface area contributed by atoms with Crippen LogP contribution in [0, 0.1) is 0 Å². The molecule has 0 aromatic heterocycles. The SMILES string of the molecule is O=C(NC1CCCC1)[C@@H](Cc1ccccc1)N(Cc1ccccc1)C(=O)Cc1cccc(Cl)c1. The van der Waals surface area contributed by atoms with Crippen molar-refractivity contribution in [3.8, 4) is 0 Å². The lowest BCUT2D eigenvalue weighted by molar-refractivity contribution is -0.141. The van der Waals surface area contributed by atoms with Crippen LogP contribution < -0.4 is 5.32 Å². The first-order chi connectivity index (χ1) is 16.6. The summed E-state index contributed by atoms with van der Waals surface area (Å²) in [6, 6.07) is 26.7. The summed E-state index contributed by atoms with van der Waals surface area (Å²) in [6.07, 6.45) is 4.92. The van der Waals surface area contributed by atoms with E-state index in [4.69, 9.17) is 11.6 Å². The molecule has 3 aromatic rings. The van der Waals surface area contributed by atoms with Crippen LogP contribution in [0.4, 0.5) is 0 Å². The zero-order valence-corrected chi connectivity index (χ0v) is 20.1. The molecule has 1 aliphatic rings. The molecule has 0 saturated heterocycles. The molecular weight excluding hydrogens is 444 g/mol. The number of carbonyl (C=O) groups is 2. The maximum absolute atomic E-state index is 13.7. The monoisotopic (exact) mass is 474 g/mol. The van der Waals surface area contributed by atoms with E-state index in [1.165, 1.54) is 0 Å². The molecule has 0 unspecified atom stereocenters. The minimum absolute atomic E-state index is 0.0777. The second kappa shape index (κ2) is 11.8. The maximum atomic E-state index is 13.7. The summed E-state index contributed by atoms with van der Waals surface area (Å²) in [5, 5.41) is 3.84. The van der Waals surface area contributed by atoms with Gasteiger partial charge in [-0.1, -0.05) is 97.2 Å². The number of benzene rings is 3. The Balaban J connectivity index is 1.64. The third-order valence-corrected chi connectivity index (χ3v) is 6.65. The Morgan fingerprint density at radius 2 is 1.47 bits per heavy atom. The van der Waals surface area contributed by atoms with E-state index in [1.807, 2.05) is 78.9 Å². The Morgan fingerprint density at radius 1 is 0.853 bits per heavy atom. The second-order valence-electron chi connectivity index (χ2n) is 9.01. The highest BCUT2D eigenvalue weighted by molar-refractivity contribution is 6.30. The zero-order chi connectivity index (χ0) is 23.8. The van der Waals surface area contributed by atoms with Gasteiger partial charge in [0, 0.05) is 24.0 Å². The fraction of sp³-hybridized carbons (Fsp3) is 0.310. The normalized spacial score (nSPS) is 14.5. The Labute approximate surface area is 206 Å². The fourth-order valence-corrected chi connectivity index (χ4v) is 4.84. The van der Waals surface area contributed by atoms with Gasteiger partial charge in [0.25, 0.3) is 0 Å². The van der Waals surface area contributed by atoms with Crippen molar-refractivity contribution in [2.24, 2.45) is 0 Å². The van der Waals surface area contributed by atoms with Crippen LogP contribution in [0.5, 0.6) is 0 Å². The molecule has 1 fully saturated rings. The zero-order valence-electron chi connectivity index (χ0n) is 19.3. The Morgan fingerprint density at radius 3 is 2.12 bits per heavy atom. The molecule has 1 N–H and O–H groups in total. The van der Waals surface area contributed by atoms with Gasteiger partial charge >= 0.3 is 0 Å². The van der Waals surface area contributed by atoms with Gasteiger partial charge in [0.1, 0.15) is 6.04 Å². The number of carbonyl (C=O) groups excluding carboxylic acids is 2. The van der Waals surface area contributed by atoms with Gasteiger partial charge in [-0.25, -0.2) is 0 Å². The predicted molar refractivity (Wildman–Crippen MR) is 136 cm³/mol. The van der Waals surface area contributed by atoms with Crippen LogP contribution in [0.3, 0.4) is 0 Å². The molecule has 0 aliphatic heterocycles. The smallest absolute Gasteiger partial charge is 0.243 e. The summed E-state index contributed by atoms with van der Waals surface area (Å²) < 4.78 is 0. The van der Waals surface area contributed by atoms with E-state index >= 15 is 0 Å². The summed E-state index contributed by atoms with van der Waals surface area (Å²) in [5.41, 5.74) is 2.86. The van der Waals surface area contributed by atoms with Gasteiger partial charge in [-0.05, 0) is 41.7 Å². The van der Waals surface area contributed by atoms with Crippen molar-refractivity contribution in [1.82, 2.24) is 10.2 Å². The quantitative estimate of drug-likeness (QED) is 0.440. The first-order valence-electron chi connectivity index (χ1n) is 12.0. The molecule has 3 aromatic carbocycles. The number of amides is 2. The van der Waals surface area contributed by atoms with E-state index in [1.54, 1.807) is 11.0 Å². The summed E-state index contributed by atoms with van der Waals surface area (Å²) in [4.78, 5) is 29.1. The first-order valence-corrected chi connectivity index (χ1v) is 12.4. The minimum Gasteiger partial charge on any atom is -0.352 e. The van der Waals surface area contributed by atoms with Gasteiger partial charge < -0.3 is 10.2 Å². The van der Waals surface area contributed by atoms with Gasteiger partial charge in [0.05, 0.1) is 6.42 Å². The molecule has 1 aliphatic carbocycles. The van der Waals surface area contributed by atoms with Gasteiger partial charge in [-0.15, -0.1) is 0 Å². The highest BCUT2D eigenvalue weighted by Gasteiger charge is 2.32. The highest BCUT2D eigenvalue weighted by Crippen LogP contribution is 2.21. The number of nitrogens with one attached hydrogen (secondary N) is 1. The van der Waals surface area contributed by atoms with Crippen molar-refractivity contribution in [2.45, 2.75) is 57.2 Å². The molecule has 0 heterocycles. The molecule has 176 valence electrons. The predicted octanol–water partition coefficient (Wildman–Crippen LogP) is 5.58. The summed E-state index contributed by atoms with van der Waals surface area (Å²) in [7, 11) is 0. The van der Waals surface area contributed by atoms with Crippen molar-refractivity contribution in [1.29, 1.82) is 0 Å². The minimum atomic E-state index is -0.602. The van der Waals surface area contributed by atoms with Crippen LogP contribution in [-0.2, 0) is 29.0 Å². The number of hydrogen-bond donors (Lipinski definition) is 1. The molecule has 4 rings (SSSR count). The number of hydrogen-bond acceptors (Lipinski definition) is 2. The summed E-state index contributed by atoms with van der Waals surface area (Å²) in [5.74, 6) is -0.167. The molecule has 2 amide bonds. The van der Waals surface area contributed by atoms with Gasteiger partial charge in [-0.2, -0.15) is 0 Å². The number of halogens is 1. The van der Waals surface area contributed by atoms with E-state index in [9.17, 15) is 9.59 Å². The number of nitrogens with zero attached hydrogens (tertiary/aromatic N) is 1. The largest absolute Gasteiger partial charge is 0.352 e. The molecule has 4 nitrogen and oxygen atoms in total. The summed E-state index contributed by atoms with van der Waals surface area (Å²) in [6.45, 7) is 0.371. The van der Waals surface area contributed by atoms with Gasteiger partial charge in [-0.3, -0.25) is 9.59 Å². The van der Waals surface area contributed by atoms with Crippen LogP contribution >= 0.6 is 11.6 Å². The van der Waals surface area contributed by atoms with Crippen molar-refractivity contribution in [2.75, 3.05) is 0 Å². The molecule has 1 atom stereocenters. The van der Waals surface area contributed by atoms with Gasteiger partial charge in [0.2, 0.25) is 11.8 Å². The van der Waals surface area contributed by atoms with Crippen molar-refractivity contribution < 1.29 is 9.59 Å². The highest BCUT2D eigenvalue weighted by atomic mass is 35.5. The van der Waals surface area contributed by atoms with E-state index in [0.29, 0.717) is 18.0 Å². The van der Waals surface area contributed by atoms with E-state index < -0.39 is 6.04 Å². The van der Waals surface area contributed by atoms with Crippen LogP contribution in [0.2, 0.25) is 5.02 Å². The second-order valence-corrected chi connectivity index (χ2v) is 9.45. The maximum Gasteiger partial charge on any atom is 0.243 e. The molecule has 5 heteroatoms. The summed E-state index contributed by atoms with van der Waals surface area (Å²) >= 11 is 6.16. The Bertz CT molecular complexity index is 1080. The molecule has 0 spiro atoms. The lowest BCUT2D eigenvalue weighted by Crippen LogP contribution is -2.52. The van der Waals surface area contributed by atoms with Crippen molar-refractivity contribution in [3.63, 3.8) is 0 Å². The fourth-order valence-electron chi connectivity index (χ4n) is 4.62. The lowest BCUT2D eigenvalue weighted by atomic mass is 10.0. The molecule has 0 radical (unpaired) electrons.